The number of hydrogen-bond donors (Lipinski definition) is 0. The van der Waals surface area contributed by atoms with Crippen LogP contribution in [0.3, 0.4) is 0 Å². The quantitative estimate of drug-likeness (QED) is 0.159. The number of furan rings is 1. The zero-order valence-corrected chi connectivity index (χ0v) is 33.2. The molecule has 12 aromatic carbocycles. The first-order valence-corrected chi connectivity index (χ1v) is 21.1. The highest BCUT2D eigenvalue weighted by Crippen LogP contribution is 2.47. The first-order chi connectivity index (χ1) is 30.2. The van der Waals surface area contributed by atoms with E-state index < -0.39 is 0 Å². The van der Waals surface area contributed by atoms with Gasteiger partial charge in [0.05, 0.1) is 0 Å². The summed E-state index contributed by atoms with van der Waals surface area (Å²) in [7, 11) is 0. The Kier molecular flexibility index (Phi) is 7.37. The Balaban J connectivity index is 1.03. The van der Waals surface area contributed by atoms with E-state index in [1.807, 2.05) is 6.07 Å². The molecule has 1 nitrogen and oxygen atoms in total. The maximum Gasteiger partial charge on any atom is 0.143 e. The van der Waals surface area contributed by atoms with Crippen molar-refractivity contribution < 1.29 is 4.42 Å². The Bertz CT molecular complexity index is 3660. The molecule has 0 amide bonds. The van der Waals surface area contributed by atoms with Crippen LogP contribution in [0.25, 0.3) is 131 Å². The van der Waals surface area contributed by atoms with E-state index >= 15 is 0 Å². The summed E-state index contributed by atoms with van der Waals surface area (Å²) in [5.74, 6) is 0. The van der Waals surface area contributed by atoms with Gasteiger partial charge in [-0.1, -0.05) is 170 Å². The lowest BCUT2D eigenvalue weighted by Crippen LogP contribution is -1.92. The van der Waals surface area contributed by atoms with Crippen LogP contribution in [0.1, 0.15) is 0 Å². The zero-order chi connectivity index (χ0) is 40.0. The molecule has 0 aliphatic heterocycles. The Morgan fingerprint density at radius 2 is 0.689 bits per heavy atom. The molecule has 0 radical (unpaired) electrons. The van der Waals surface area contributed by atoms with E-state index in [1.165, 1.54) is 98.4 Å². The van der Waals surface area contributed by atoms with Crippen molar-refractivity contribution in [2.75, 3.05) is 0 Å². The third-order valence-electron chi connectivity index (χ3n) is 12.9. The van der Waals surface area contributed by atoms with Gasteiger partial charge in [0, 0.05) is 16.3 Å². The van der Waals surface area contributed by atoms with Gasteiger partial charge >= 0.3 is 0 Å². The van der Waals surface area contributed by atoms with Crippen molar-refractivity contribution >= 4 is 75.8 Å². The molecule has 0 unspecified atom stereocenters. The van der Waals surface area contributed by atoms with E-state index in [0.717, 1.165) is 33.1 Å². The summed E-state index contributed by atoms with van der Waals surface area (Å²) in [4.78, 5) is 0. The lowest BCUT2D eigenvalue weighted by atomic mass is 9.84. The van der Waals surface area contributed by atoms with Crippen LogP contribution in [0, 0.1) is 0 Å². The minimum atomic E-state index is 0.915. The van der Waals surface area contributed by atoms with Crippen molar-refractivity contribution in [2.45, 2.75) is 0 Å². The van der Waals surface area contributed by atoms with E-state index in [-0.39, 0.29) is 0 Å². The summed E-state index contributed by atoms with van der Waals surface area (Å²) in [5, 5.41) is 14.8. The normalized spacial score (nSPS) is 11.9. The lowest BCUT2D eigenvalue weighted by molar-refractivity contribution is 0.670. The average Bonchev–Trinajstić information content (AvgIpc) is 3.72. The molecule has 0 bridgehead atoms. The molecule has 0 N–H and O–H groups in total. The maximum absolute atomic E-state index is 6.54. The van der Waals surface area contributed by atoms with Gasteiger partial charge in [-0.25, -0.2) is 0 Å². The van der Waals surface area contributed by atoms with Gasteiger partial charge < -0.3 is 4.42 Å². The van der Waals surface area contributed by atoms with Gasteiger partial charge in [-0.05, 0) is 152 Å². The van der Waals surface area contributed by atoms with Crippen LogP contribution in [0.5, 0.6) is 0 Å². The van der Waals surface area contributed by atoms with E-state index in [0.29, 0.717) is 0 Å². The molecule has 61 heavy (non-hydrogen) atoms. The SMILES string of the molecule is c1ccc(-c2ccc3cc(-c4cc(-c5ccc6cc(-c7ccccc7)ccc6c5)c5ccc6cc(-c7cccc8c7oc7ccccc78)cc7ccc4c5c76)ccc3c2)cc1. The topological polar surface area (TPSA) is 13.1 Å². The first kappa shape index (κ1) is 33.9. The van der Waals surface area contributed by atoms with Crippen LogP contribution >= 0.6 is 0 Å². The molecule has 1 aromatic heterocycles. The van der Waals surface area contributed by atoms with Crippen molar-refractivity contribution in [3.05, 3.63) is 218 Å². The van der Waals surface area contributed by atoms with E-state index in [2.05, 4.69) is 212 Å². The molecule has 13 aromatic rings. The van der Waals surface area contributed by atoms with Crippen LogP contribution < -0.4 is 0 Å². The van der Waals surface area contributed by atoms with E-state index in [4.69, 9.17) is 4.42 Å². The summed E-state index contributed by atoms with van der Waals surface area (Å²) in [6.45, 7) is 0. The van der Waals surface area contributed by atoms with Gasteiger partial charge in [0.2, 0.25) is 0 Å². The fourth-order valence-electron chi connectivity index (χ4n) is 9.97. The van der Waals surface area contributed by atoms with Crippen LogP contribution in [-0.4, -0.2) is 0 Å². The van der Waals surface area contributed by atoms with Gasteiger partial charge in [0.1, 0.15) is 11.2 Å². The second kappa shape index (κ2) is 13.3. The van der Waals surface area contributed by atoms with Crippen molar-refractivity contribution in [3.63, 3.8) is 0 Å². The molecule has 0 atom stereocenters. The van der Waals surface area contributed by atoms with Gasteiger partial charge in [-0.2, -0.15) is 0 Å². The monoisotopic (exact) mass is 772 g/mol. The average molecular weight is 773 g/mol. The van der Waals surface area contributed by atoms with Crippen LogP contribution in [0.15, 0.2) is 223 Å². The summed E-state index contributed by atoms with van der Waals surface area (Å²) in [6, 6.07) is 80.2. The van der Waals surface area contributed by atoms with Crippen LogP contribution in [-0.2, 0) is 0 Å². The molecule has 282 valence electrons. The van der Waals surface area contributed by atoms with Crippen molar-refractivity contribution in [1.29, 1.82) is 0 Å². The molecule has 0 aliphatic carbocycles. The summed E-state index contributed by atoms with van der Waals surface area (Å²) in [6.07, 6.45) is 0. The Morgan fingerprint density at radius 1 is 0.230 bits per heavy atom. The van der Waals surface area contributed by atoms with Crippen molar-refractivity contribution in [2.24, 2.45) is 0 Å². The van der Waals surface area contributed by atoms with Crippen molar-refractivity contribution in [1.82, 2.24) is 0 Å². The van der Waals surface area contributed by atoms with E-state index in [1.54, 1.807) is 0 Å². The molecule has 13 rings (SSSR count). The molecule has 0 saturated heterocycles. The highest BCUT2D eigenvalue weighted by molar-refractivity contribution is 6.29. The van der Waals surface area contributed by atoms with Crippen molar-refractivity contribution in [3.8, 4) is 55.6 Å². The molecular weight excluding hydrogens is 737 g/mol. The highest BCUT2D eigenvalue weighted by atomic mass is 16.3. The van der Waals surface area contributed by atoms with Gasteiger partial charge in [0.15, 0.2) is 0 Å². The number of para-hydroxylation sites is 2. The predicted molar refractivity (Wildman–Crippen MR) is 260 cm³/mol. The molecule has 0 aliphatic rings. The molecule has 0 saturated carbocycles. The molecule has 0 fully saturated rings. The van der Waals surface area contributed by atoms with Gasteiger partial charge in [0.25, 0.3) is 0 Å². The number of fused-ring (bicyclic) bond motifs is 5. The fourth-order valence-corrected chi connectivity index (χ4v) is 9.97. The minimum absolute atomic E-state index is 0.915. The highest BCUT2D eigenvalue weighted by Gasteiger charge is 2.20. The second-order valence-electron chi connectivity index (χ2n) is 16.4. The largest absolute Gasteiger partial charge is 0.455 e. The number of rotatable bonds is 5. The third kappa shape index (κ3) is 5.41. The third-order valence-corrected chi connectivity index (χ3v) is 12.9. The lowest BCUT2D eigenvalue weighted by Gasteiger charge is -2.19. The standard InChI is InChI=1S/C60H36O/c1-3-10-37(11-4-1)39-18-20-43-32-45(24-22-41(43)30-39)55-36-56(46-25-23-42-31-40(19-21-44(42)33-46)38-12-5-2-6-13-38)53-29-27-48-35-49(34-47-26-28-52(55)59(53)58(47)48)50-15-9-16-54-51-14-7-8-17-57(51)61-60(50)54/h1-36H. The fraction of sp³-hybridized carbons (Fsp3) is 0. The second-order valence-corrected chi connectivity index (χ2v) is 16.4. The van der Waals surface area contributed by atoms with Gasteiger partial charge in [-0.15, -0.1) is 0 Å². The molecule has 1 heterocycles. The van der Waals surface area contributed by atoms with Crippen LogP contribution in [0.2, 0.25) is 0 Å². The Labute approximate surface area is 352 Å². The first-order valence-electron chi connectivity index (χ1n) is 21.1. The molecule has 1 heteroatoms. The minimum Gasteiger partial charge on any atom is -0.455 e. The van der Waals surface area contributed by atoms with Gasteiger partial charge in [-0.3, -0.25) is 0 Å². The van der Waals surface area contributed by atoms with E-state index in [9.17, 15) is 0 Å². The molecular formula is C60H36O. The summed E-state index contributed by atoms with van der Waals surface area (Å²) in [5.41, 5.74) is 13.9. The summed E-state index contributed by atoms with van der Waals surface area (Å²) >= 11 is 0. The Morgan fingerprint density at radius 3 is 1.26 bits per heavy atom. The predicted octanol–water partition coefficient (Wildman–Crippen LogP) is 17.1. The zero-order valence-electron chi connectivity index (χ0n) is 33.2. The maximum atomic E-state index is 6.54. The smallest absolute Gasteiger partial charge is 0.143 e. The summed E-state index contributed by atoms with van der Waals surface area (Å²) < 4.78 is 6.54. The Hall–Kier alpha value is -8.00. The molecule has 0 spiro atoms. The van der Waals surface area contributed by atoms with Crippen LogP contribution in [0.4, 0.5) is 0 Å². The number of benzene rings is 12. The number of hydrogen-bond acceptors (Lipinski definition) is 1.